The number of ketones is 2. The first-order chi connectivity index (χ1) is 70.1. The van der Waals surface area contributed by atoms with Crippen LogP contribution < -0.4 is 57.0 Å². The molecule has 0 spiro atoms. The Morgan fingerprint density at radius 2 is 1.22 bits per heavy atom. The maximum atomic E-state index is 17.0. The molecule has 22 N–H and O–H groups in total. The molecule has 11 bridgehead atoms. The van der Waals surface area contributed by atoms with Gasteiger partial charge in [-0.25, -0.2) is 9.59 Å². The summed E-state index contributed by atoms with van der Waals surface area (Å²) in [6.45, 7) is 10.1. The standard InChI is InChI=1S/C104H117Cl3N8O33/c1-9-69-84(122)86(124)88(126)99(144-69)141-58-23-12-48(13-24-58)43-138-101(135)115(8)66(28-44(2)3)96(131)113-81-67(118)32-55(35-75(108)120)94(129)111-79-54-33-72(142-70-26-19-52(83(81)121)30-64(70)106)90(148-100-91(87(125)85(123)74(42-116)145-100)147-77-40-103(7,93(128)46(5)140-77)110-41-47-10-14-49(15-11-47)50-16-21-56(105)22-17-50)73(34-54)143-71-27-20-53(31-65(71)107)89(146-76-39-102(6,109)92(127)45(4)139-76)82-97(132)112-80(98(133)134)61-36-57(117)37-63-78(61)60-29-51(18-25-62(60)104(63,136)137)59(38-68(79)119)95(130)114-82/h10-27,29-31,33-34,36-37,44-46,55,59,66,69,74,76-77,79-89,91-93,99-100,110,116-117,121-128,136-137H,9,28,32,35,38-43,109H2,1-8H3,(H2,108,120)(H,111,129)(H,112,132)(H,113,131)(H,114,130)(H,133,134)/t45-,46-,55-,59+,66+,69+,74+,76-,77-,79+,80-,81-,82-,83+,84+,85+,86-,87-,88+,89+,91+,92-,93-,99+,100-,102-,103-/m0/s1. The number of hydrogen-bond donors (Lipinski definition) is 20. The Morgan fingerprint density at radius 3 is 1.84 bits per heavy atom. The van der Waals surface area contributed by atoms with Crippen LogP contribution in [0.2, 0.25) is 15.1 Å². The van der Waals surface area contributed by atoms with Crippen molar-refractivity contribution in [3.8, 4) is 62.5 Å². The summed E-state index contributed by atoms with van der Waals surface area (Å²) in [7, 11) is 1.23. The van der Waals surface area contributed by atoms with Gasteiger partial charge in [-0.1, -0.05) is 128 Å². The minimum atomic E-state index is -3.08. The Morgan fingerprint density at radius 1 is 0.615 bits per heavy atom. The Kier molecular flexibility index (Phi) is 32.7. The van der Waals surface area contributed by atoms with Crippen LogP contribution in [-0.4, -0.2) is 266 Å². The first-order valence-corrected chi connectivity index (χ1v) is 49.3. The number of aromatic hydroxyl groups is 1. The summed E-state index contributed by atoms with van der Waals surface area (Å²) in [5.74, 6) is -21.6. The number of rotatable bonds is 24. The number of Topliss-reactive ketones (excluding diaryl/α,β-unsaturated/α-hetero) is 2. The predicted octanol–water partition coefficient (Wildman–Crippen LogP) is 6.20. The lowest BCUT2D eigenvalue weighted by Crippen LogP contribution is -2.65. The highest BCUT2D eigenvalue weighted by atomic mass is 35.5. The fourth-order valence-corrected chi connectivity index (χ4v) is 20.6. The summed E-state index contributed by atoms with van der Waals surface area (Å²) < 4.78 is 70.7. The van der Waals surface area contributed by atoms with Crippen LogP contribution in [0.15, 0.2) is 152 Å². The molecule has 1 aliphatic carbocycles. The van der Waals surface area contributed by atoms with E-state index in [1.165, 1.54) is 87.6 Å². The van der Waals surface area contributed by atoms with Gasteiger partial charge in [0.2, 0.25) is 53.7 Å². The van der Waals surface area contributed by atoms with Crippen molar-refractivity contribution in [1.82, 2.24) is 31.5 Å². The number of carboxylic acid groups (broad SMARTS) is 1. The monoisotopic (exact) mass is 2110 g/mol. The quantitative estimate of drug-likeness (QED) is 0.0299. The molecule has 6 amide bonds. The number of fused-ring (bicyclic) bond motifs is 12. The summed E-state index contributed by atoms with van der Waals surface area (Å²) in [4.78, 5) is 140. The van der Waals surface area contributed by atoms with E-state index in [2.05, 4.69) is 26.6 Å². The zero-order valence-corrected chi connectivity index (χ0v) is 83.5. The van der Waals surface area contributed by atoms with E-state index in [0.29, 0.717) is 10.6 Å². The van der Waals surface area contributed by atoms with E-state index in [1.807, 2.05) is 36.4 Å². The molecular weight excluding hydrogens is 2000 g/mol. The molecule has 8 aromatic rings. The van der Waals surface area contributed by atoms with E-state index in [1.54, 1.807) is 46.8 Å². The van der Waals surface area contributed by atoms with Gasteiger partial charge in [0.1, 0.15) is 103 Å². The van der Waals surface area contributed by atoms with Crippen LogP contribution in [0.1, 0.15) is 174 Å². The van der Waals surface area contributed by atoms with Crippen LogP contribution in [0.3, 0.4) is 0 Å². The Hall–Kier alpha value is -11.7. The first-order valence-electron chi connectivity index (χ1n) is 48.2. The second-order valence-electron chi connectivity index (χ2n) is 39.6. The molecule has 792 valence electrons. The fraction of sp³-hybridized carbons (Fsp3) is 0.452. The number of ether oxygens (including phenoxy) is 11. The second-order valence-corrected chi connectivity index (χ2v) is 40.8. The highest BCUT2D eigenvalue weighted by Crippen LogP contribution is 2.54. The summed E-state index contributed by atoms with van der Waals surface area (Å²) in [5.41, 5.74) is 9.96. The van der Waals surface area contributed by atoms with Crippen LogP contribution in [0.5, 0.6) is 40.2 Å². The average molecular weight is 2110 g/mol. The molecule has 4 saturated heterocycles. The molecule has 10 aliphatic rings. The van der Waals surface area contributed by atoms with Crippen LogP contribution >= 0.6 is 34.8 Å². The third kappa shape index (κ3) is 23.0. The maximum Gasteiger partial charge on any atom is 0.410 e. The molecule has 18 rings (SSSR count). The summed E-state index contributed by atoms with van der Waals surface area (Å²) >= 11 is 21.1. The SMILES string of the molecule is CC[C@H]1O[C@@H](Oc2ccc(COC(=O)N(C)[C@H](CC(C)C)C(=O)N[C@H]3C(=O)C[C@@H](CC(N)=O)C(=O)N[C@H]4C(=O)C[C@H]5C(=O)N[C@H](C(=O)N[C@H](C(=O)O)c6cc(O)cc7c6-c6cc5ccc6C7(O)O)[C@H](O[C@H]5C[C@](C)(N)[C@@H](O)[C@H](C)O5)c5ccc(c(Cl)c5)Oc5cc4cc(c5O[C@@H]4O[C@H](CO)[C@@H](O)[C@H](O)[C@H]4O[C@H]4C[C@](C)(NCc5ccc(-c6ccc(Cl)cc6)cc5)[C@@H](O)[C@H](C)O4)Oc4ccc(cc4Cl)[C@H]3O)cc2)[C@H](O)[C@@H](O)[C@@H]1O. The number of aliphatic carboxylic acids is 1. The molecule has 148 heavy (non-hydrogen) atoms. The lowest BCUT2D eigenvalue weighted by atomic mass is 9.84. The van der Waals surface area contributed by atoms with Crippen molar-refractivity contribution in [3.63, 3.8) is 0 Å². The number of likely N-dealkylation sites (N-methyl/N-ethyl adjacent to an activating group) is 1. The number of carboxylic acids is 1. The number of halogens is 3. The Labute approximate surface area is 862 Å². The summed E-state index contributed by atoms with van der Waals surface area (Å²) in [5, 5.41) is 164. The number of phenolic OH excluding ortho intramolecular Hbond substituents is 1. The average Bonchev–Trinajstić information content (AvgIpc) is 1.55. The van der Waals surface area contributed by atoms with E-state index in [9.17, 15) is 80.8 Å². The normalized spacial score (nSPS) is 30.7. The highest BCUT2D eigenvalue weighted by molar-refractivity contribution is 6.32. The van der Waals surface area contributed by atoms with Gasteiger partial charge in [0, 0.05) is 72.9 Å². The number of hydrogen-bond acceptors (Lipinski definition) is 34. The first kappa shape index (κ1) is 109. The van der Waals surface area contributed by atoms with E-state index >= 15 is 28.8 Å². The molecule has 44 heteroatoms. The number of amides is 6. The van der Waals surface area contributed by atoms with Gasteiger partial charge < -0.3 is 157 Å². The van der Waals surface area contributed by atoms with Gasteiger partial charge in [0.15, 0.2) is 47.8 Å². The van der Waals surface area contributed by atoms with Crippen molar-refractivity contribution in [2.75, 3.05) is 13.7 Å². The second kappa shape index (κ2) is 44.5. The number of carbonyl (C=O) groups excluding carboxylic acids is 8. The van der Waals surface area contributed by atoms with Crippen molar-refractivity contribution >= 4 is 88.0 Å². The Balaban J connectivity index is 0.829. The highest BCUT2D eigenvalue weighted by Gasteiger charge is 2.55. The van der Waals surface area contributed by atoms with Crippen molar-refractivity contribution < 1.29 is 162 Å². The molecule has 0 saturated carbocycles. The number of nitrogens with one attached hydrogen (secondary N) is 5. The van der Waals surface area contributed by atoms with Gasteiger partial charge in [-0.2, -0.15) is 0 Å². The Bertz CT molecular complexity index is 6330. The molecule has 0 unspecified atom stereocenters. The number of phenols is 1. The number of primary amides is 1. The predicted molar refractivity (Wildman–Crippen MR) is 523 cm³/mol. The molecule has 41 nitrogen and oxygen atoms in total. The molecule has 0 aromatic heterocycles. The number of aliphatic hydroxyl groups excluding tert-OH is 9. The lowest BCUT2D eigenvalue weighted by Gasteiger charge is -2.48. The largest absolute Gasteiger partial charge is 0.508 e. The van der Waals surface area contributed by atoms with E-state index in [4.69, 9.17) is 98.4 Å². The van der Waals surface area contributed by atoms with Crippen molar-refractivity contribution in [2.45, 2.75) is 270 Å². The fourth-order valence-electron chi connectivity index (χ4n) is 20.0. The number of benzene rings is 8. The number of aliphatic hydroxyl groups is 11. The third-order valence-corrected chi connectivity index (χ3v) is 29.1. The summed E-state index contributed by atoms with van der Waals surface area (Å²) in [6.07, 6.45) is -33.8. The van der Waals surface area contributed by atoms with E-state index in [-0.39, 0.29) is 71.4 Å². The van der Waals surface area contributed by atoms with Crippen LogP contribution in [0.25, 0.3) is 22.3 Å². The van der Waals surface area contributed by atoms with Crippen molar-refractivity contribution in [3.05, 3.63) is 217 Å². The zero-order chi connectivity index (χ0) is 107. The van der Waals surface area contributed by atoms with Crippen molar-refractivity contribution in [1.29, 1.82) is 0 Å². The molecule has 8 aromatic carbocycles. The van der Waals surface area contributed by atoms with Crippen LogP contribution in [-0.2, 0) is 90.5 Å². The maximum absolute atomic E-state index is 17.0. The number of carbonyl (C=O) groups is 9. The third-order valence-electron chi connectivity index (χ3n) is 28.3. The van der Waals surface area contributed by atoms with E-state index < -0.39 is 322 Å². The van der Waals surface area contributed by atoms with Gasteiger partial charge in [0.25, 0.3) is 0 Å². The number of nitrogens with zero attached hydrogens (tertiary/aromatic N) is 1. The number of nitrogens with two attached hydrogens (primary N) is 2. The lowest BCUT2D eigenvalue weighted by molar-refractivity contribution is -0.334. The topological polar surface area (TPSA) is 634 Å². The minimum absolute atomic E-state index is 0.151. The summed E-state index contributed by atoms with van der Waals surface area (Å²) in [6, 6.07) is 24.9. The van der Waals surface area contributed by atoms with Gasteiger partial charge in [-0.15, -0.1) is 0 Å². The molecule has 0 radical (unpaired) electrons. The van der Waals surface area contributed by atoms with Gasteiger partial charge >= 0.3 is 12.1 Å². The molecule has 9 heterocycles. The van der Waals surface area contributed by atoms with Crippen LogP contribution in [0.4, 0.5) is 4.79 Å². The molecule has 9 aliphatic heterocycles. The smallest absolute Gasteiger partial charge is 0.410 e. The molecule has 4 fully saturated rings. The van der Waals surface area contributed by atoms with E-state index in [0.717, 1.165) is 58.0 Å². The minimum Gasteiger partial charge on any atom is -0.508 e. The van der Waals surface area contributed by atoms with Crippen molar-refractivity contribution in [2.24, 2.45) is 23.3 Å². The van der Waals surface area contributed by atoms with Gasteiger partial charge in [0.05, 0.1) is 59.0 Å². The molecule has 27 atom stereocenters. The zero-order valence-electron chi connectivity index (χ0n) is 81.2. The molecular formula is C104H117Cl3N8O33. The van der Waals surface area contributed by atoms with Gasteiger partial charge in [-0.05, 0) is 187 Å². The van der Waals surface area contributed by atoms with Crippen LogP contribution in [0, 0.1) is 11.8 Å². The van der Waals surface area contributed by atoms with Gasteiger partial charge in [-0.3, -0.25) is 38.5 Å².